The highest BCUT2D eigenvalue weighted by Gasteiger charge is 2.28. The third-order valence-corrected chi connectivity index (χ3v) is 7.41. The summed E-state index contributed by atoms with van der Waals surface area (Å²) in [5.41, 5.74) is 5.47. The first-order valence-electron chi connectivity index (χ1n) is 12.0. The maximum Gasteiger partial charge on any atom is 0.308 e. The maximum atomic E-state index is 13.4. The molecule has 0 aliphatic carbocycles. The van der Waals surface area contributed by atoms with Gasteiger partial charge in [0, 0.05) is 27.5 Å². The molecular formula is C31H27NO3S. The van der Waals surface area contributed by atoms with Crippen molar-refractivity contribution in [1.29, 1.82) is 0 Å². The number of aryl methyl sites for hydroxylation is 2. The Morgan fingerprint density at radius 3 is 1.86 bits per heavy atom. The minimum atomic E-state index is -0.989. The number of Topliss-reactive ketones (excluding diaryl/α,β-unsaturated/α-hetero) is 1. The van der Waals surface area contributed by atoms with Crippen LogP contribution >= 0.6 is 11.8 Å². The van der Waals surface area contributed by atoms with Crippen molar-refractivity contribution in [2.45, 2.75) is 36.2 Å². The van der Waals surface area contributed by atoms with Crippen LogP contribution in [0.15, 0.2) is 107 Å². The predicted molar refractivity (Wildman–Crippen MR) is 144 cm³/mol. The fourth-order valence-corrected chi connectivity index (χ4v) is 5.39. The van der Waals surface area contributed by atoms with Gasteiger partial charge in [0.2, 0.25) is 5.78 Å². The van der Waals surface area contributed by atoms with E-state index in [1.807, 2.05) is 74.5 Å². The average molecular weight is 494 g/mol. The van der Waals surface area contributed by atoms with Gasteiger partial charge < -0.3 is 9.64 Å². The van der Waals surface area contributed by atoms with Crippen molar-refractivity contribution in [2.24, 2.45) is 0 Å². The van der Waals surface area contributed by atoms with Gasteiger partial charge in [-0.2, -0.15) is 0 Å². The number of fused-ring (bicyclic) bond motifs is 2. The number of nitrogens with zero attached hydrogens (tertiary/aromatic N) is 1. The van der Waals surface area contributed by atoms with Crippen molar-refractivity contribution in [2.75, 3.05) is 11.4 Å². The molecule has 0 radical (unpaired) electrons. The predicted octanol–water partition coefficient (Wildman–Crippen LogP) is 7.46. The van der Waals surface area contributed by atoms with Crippen molar-refractivity contribution >= 4 is 34.9 Å². The minimum Gasteiger partial charge on any atom is -0.449 e. The summed E-state index contributed by atoms with van der Waals surface area (Å²) in [7, 11) is 0. The lowest BCUT2D eigenvalue weighted by Gasteiger charge is -2.32. The number of carbonyl (C=O) groups excluding carboxylic acids is 2. The molecular weight excluding hydrogens is 466 g/mol. The Morgan fingerprint density at radius 2 is 1.28 bits per heavy atom. The number of ketones is 1. The molecule has 4 aromatic carbocycles. The molecule has 0 N–H and O–H groups in total. The largest absolute Gasteiger partial charge is 0.449 e. The smallest absolute Gasteiger partial charge is 0.308 e. The van der Waals surface area contributed by atoms with Crippen LogP contribution in [0.2, 0.25) is 0 Å². The second kappa shape index (κ2) is 10.4. The summed E-state index contributed by atoms with van der Waals surface area (Å²) in [6.07, 6.45) is -0.839. The highest BCUT2D eigenvalue weighted by atomic mass is 32.2. The number of esters is 1. The molecule has 1 aliphatic heterocycles. The Balaban J connectivity index is 1.37. The standard InChI is InChI=1S/C31H27NO3S/c1-21-11-15-23(16-12-21)30(34)31(24-17-13-22(2)14-18-24)35-29(33)19-20-32-25-7-3-5-9-27(25)36-28-10-6-4-8-26(28)32/h3-18,31H,19-20H2,1-2H3. The van der Waals surface area contributed by atoms with E-state index in [1.165, 1.54) is 0 Å². The molecule has 0 aromatic heterocycles. The molecule has 0 saturated carbocycles. The third-order valence-electron chi connectivity index (χ3n) is 6.28. The molecule has 0 saturated heterocycles. The van der Waals surface area contributed by atoms with E-state index >= 15 is 0 Å². The Labute approximate surface area is 215 Å². The van der Waals surface area contributed by atoms with E-state index < -0.39 is 12.1 Å². The lowest BCUT2D eigenvalue weighted by molar-refractivity contribution is -0.147. The first-order valence-corrected chi connectivity index (χ1v) is 12.8. The molecule has 5 heteroatoms. The molecule has 1 heterocycles. The number of carbonyl (C=O) groups is 2. The Kier molecular flexibility index (Phi) is 6.92. The summed E-state index contributed by atoms with van der Waals surface area (Å²) >= 11 is 1.73. The van der Waals surface area contributed by atoms with E-state index in [2.05, 4.69) is 29.2 Å². The number of benzene rings is 4. The highest BCUT2D eigenvalue weighted by Crippen LogP contribution is 2.47. The van der Waals surface area contributed by atoms with Crippen molar-refractivity contribution < 1.29 is 14.3 Å². The third kappa shape index (κ3) is 5.07. The lowest BCUT2D eigenvalue weighted by Crippen LogP contribution is -2.26. The summed E-state index contributed by atoms with van der Waals surface area (Å²) in [6, 6.07) is 31.3. The second-order valence-electron chi connectivity index (χ2n) is 8.95. The van der Waals surface area contributed by atoms with Crippen LogP contribution in [0, 0.1) is 13.8 Å². The molecule has 4 aromatic rings. The normalized spacial score (nSPS) is 12.9. The molecule has 36 heavy (non-hydrogen) atoms. The summed E-state index contributed by atoms with van der Waals surface area (Å²) in [5.74, 6) is -0.633. The fourth-order valence-electron chi connectivity index (χ4n) is 4.30. The molecule has 180 valence electrons. The van der Waals surface area contributed by atoms with Gasteiger partial charge in [0.25, 0.3) is 0 Å². The van der Waals surface area contributed by atoms with Crippen molar-refractivity contribution in [1.82, 2.24) is 0 Å². The SMILES string of the molecule is Cc1ccc(C(=O)C(OC(=O)CCN2c3ccccc3Sc3ccccc32)c2ccc(C)cc2)cc1. The number of hydrogen-bond acceptors (Lipinski definition) is 5. The van der Waals surface area contributed by atoms with Gasteiger partial charge in [-0.3, -0.25) is 9.59 Å². The average Bonchev–Trinajstić information content (AvgIpc) is 2.90. The molecule has 0 amide bonds. The molecule has 1 unspecified atom stereocenters. The van der Waals surface area contributed by atoms with Gasteiger partial charge in [-0.15, -0.1) is 0 Å². The molecule has 0 spiro atoms. The van der Waals surface area contributed by atoms with Crippen LogP contribution in [0.3, 0.4) is 0 Å². The molecule has 0 fully saturated rings. The first-order chi connectivity index (χ1) is 17.5. The van der Waals surface area contributed by atoms with Crippen LogP contribution < -0.4 is 4.90 Å². The van der Waals surface area contributed by atoms with Gasteiger partial charge >= 0.3 is 5.97 Å². The monoisotopic (exact) mass is 493 g/mol. The summed E-state index contributed by atoms with van der Waals surface area (Å²) in [6.45, 7) is 4.41. The van der Waals surface area contributed by atoms with Crippen LogP contribution in [0.25, 0.3) is 0 Å². The van der Waals surface area contributed by atoms with E-state index in [0.29, 0.717) is 17.7 Å². The van der Waals surface area contributed by atoms with Crippen LogP contribution in [0.1, 0.15) is 39.6 Å². The van der Waals surface area contributed by atoms with Gasteiger partial charge in [-0.05, 0) is 38.1 Å². The number of para-hydroxylation sites is 2. The van der Waals surface area contributed by atoms with Crippen LogP contribution in [0.4, 0.5) is 11.4 Å². The van der Waals surface area contributed by atoms with Gasteiger partial charge in [-0.25, -0.2) is 0 Å². The topological polar surface area (TPSA) is 46.6 Å². The quantitative estimate of drug-likeness (QED) is 0.197. The van der Waals surface area contributed by atoms with Crippen LogP contribution in [-0.4, -0.2) is 18.3 Å². The van der Waals surface area contributed by atoms with Crippen molar-refractivity contribution in [3.63, 3.8) is 0 Å². The summed E-state index contributed by atoms with van der Waals surface area (Å²) in [4.78, 5) is 31.0. The van der Waals surface area contributed by atoms with Gasteiger partial charge in [0.1, 0.15) is 0 Å². The Hall–Kier alpha value is -3.83. The second-order valence-corrected chi connectivity index (χ2v) is 10.0. The number of rotatable bonds is 7. The molecule has 4 nitrogen and oxygen atoms in total. The molecule has 0 bridgehead atoms. The first kappa shape index (κ1) is 23.9. The molecule has 5 rings (SSSR count). The van der Waals surface area contributed by atoms with Crippen LogP contribution in [-0.2, 0) is 9.53 Å². The van der Waals surface area contributed by atoms with Crippen molar-refractivity contribution in [3.05, 3.63) is 119 Å². The van der Waals surface area contributed by atoms with E-state index in [0.717, 1.165) is 32.3 Å². The molecule has 1 aliphatic rings. The fraction of sp³-hybridized carbons (Fsp3) is 0.161. The van der Waals surface area contributed by atoms with E-state index in [4.69, 9.17) is 4.74 Å². The van der Waals surface area contributed by atoms with Gasteiger partial charge in [0.15, 0.2) is 6.10 Å². The van der Waals surface area contributed by atoms with Crippen molar-refractivity contribution in [3.8, 4) is 0 Å². The number of ether oxygens (including phenoxy) is 1. The van der Waals surface area contributed by atoms with Gasteiger partial charge in [-0.1, -0.05) is 95.7 Å². The zero-order valence-electron chi connectivity index (χ0n) is 20.3. The van der Waals surface area contributed by atoms with E-state index in [1.54, 1.807) is 23.9 Å². The van der Waals surface area contributed by atoms with Crippen LogP contribution in [0.5, 0.6) is 0 Å². The molecule has 1 atom stereocenters. The highest BCUT2D eigenvalue weighted by molar-refractivity contribution is 7.99. The van der Waals surface area contributed by atoms with E-state index in [9.17, 15) is 9.59 Å². The summed E-state index contributed by atoms with van der Waals surface area (Å²) < 4.78 is 5.87. The van der Waals surface area contributed by atoms with Gasteiger partial charge in [0.05, 0.1) is 17.8 Å². The Bertz CT molecular complexity index is 1350. The maximum absolute atomic E-state index is 13.4. The number of hydrogen-bond donors (Lipinski definition) is 0. The lowest BCUT2D eigenvalue weighted by atomic mass is 9.98. The minimum absolute atomic E-state index is 0.150. The number of anilines is 2. The zero-order chi connectivity index (χ0) is 25.1. The van der Waals surface area contributed by atoms with E-state index in [-0.39, 0.29) is 12.2 Å². The zero-order valence-corrected chi connectivity index (χ0v) is 21.1. The summed E-state index contributed by atoms with van der Waals surface area (Å²) in [5, 5.41) is 0. The Morgan fingerprint density at radius 1 is 0.750 bits per heavy atom.